The number of carbonyl (C=O) groups excluding carboxylic acids is 2. The Bertz CT molecular complexity index is 930. The number of nitrogens with zero attached hydrogens (tertiary/aromatic N) is 1. The maximum absolute atomic E-state index is 12.8. The molecule has 2 aromatic rings. The molecule has 0 aliphatic heterocycles. The van der Waals surface area contributed by atoms with Crippen molar-refractivity contribution in [3.63, 3.8) is 0 Å². The summed E-state index contributed by atoms with van der Waals surface area (Å²) in [4.78, 5) is 25.0. The molecule has 2 heterocycles. The average Bonchev–Trinajstić information content (AvgIpc) is 3.21. The van der Waals surface area contributed by atoms with E-state index in [1.807, 2.05) is 17.5 Å². The quantitative estimate of drug-likeness (QED) is 0.638. The predicted molar refractivity (Wildman–Crippen MR) is 102 cm³/mol. The molecule has 8 nitrogen and oxygen atoms in total. The van der Waals surface area contributed by atoms with Gasteiger partial charge >= 0.3 is 5.97 Å². The highest BCUT2D eigenvalue weighted by Crippen LogP contribution is 2.26. The number of amides is 1. The van der Waals surface area contributed by atoms with Gasteiger partial charge in [0.05, 0.1) is 19.7 Å². The first kappa shape index (κ1) is 21.1. The Labute approximate surface area is 162 Å². The van der Waals surface area contributed by atoms with Crippen molar-refractivity contribution in [1.29, 1.82) is 0 Å². The number of hydrogen-bond acceptors (Lipinski definition) is 6. The molecule has 0 bridgehead atoms. The topological polar surface area (TPSA) is 106 Å². The number of esters is 1. The molecule has 0 saturated heterocycles. The Balaban J connectivity index is 2.17. The minimum Gasteiger partial charge on any atom is -0.462 e. The van der Waals surface area contributed by atoms with Crippen LogP contribution in [0.3, 0.4) is 0 Å². The van der Waals surface area contributed by atoms with Crippen LogP contribution in [0.4, 0.5) is 0 Å². The number of rotatable bonds is 8. The Morgan fingerprint density at radius 1 is 1.26 bits per heavy atom. The molecule has 0 spiro atoms. The molecule has 0 fully saturated rings. The molecule has 2 aromatic heterocycles. The van der Waals surface area contributed by atoms with Gasteiger partial charge in [-0.3, -0.25) is 4.79 Å². The second-order valence-corrected chi connectivity index (χ2v) is 8.57. The normalized spacial score (nSPS) is 11.4. The van der Waals surface area contributed by atoms with Crippen molar-refractivity contribution in [2.45, 2.75) is 32.2 Å². The summed E-state index contributed by atoms with van der Waals surface area (Å²) in [6.45, 7) is 4.92. The zero-order chi connectivity index (χ0) is 20.2. The van der Waals surface area contributed by atoms with Crippen LogP contribution in [0.1, 0.15) is 33.5 Å². The first-order valence-corrected chi connectivity index (χ1v) is 10.7. The van der Waals surface area contributed by atoms with E-state index in [2.05, 4.69) is 10.0 Å². The molecule has 0 aliphatic carbocycles. The van der Waals surface area contributed by atoms with Crippen molar-refractivity contribution in [3.8, 4) is 0 Å². The predicted octanol–water partition coefficient (Wildman–Crippen LogP) is 1.47. The molecule has 0 saturated carbocycles. The van der Waals surface area contributed by atoms with Crippen LogP contribution in [0.5, 0.6) is 0 Å². The second kappa shape index (κ2) is 8.68. The van der Waals surface area contributed by atoms with Crippen LogP contribution in [-0.4, -0.2) is 38.0 Å². The Kier molecular flexibility index (Phi) is 6.79. The molecule has 0 unspecified atom stereocenters. The number of nitrogens with one attached hydrogen (secondary N) is 2. The third-order valence-electron chi connectivity index (χ3n) is 4.13. The summed E-state index contributed by atoms with van der Waals surface area (Å²) in [5.41, 5.74) is 0.860. The molecule has 0 aliphatic rings. The van der Waals surface area contributed by atoms with E-state index in [4.69, 9.17) is 4.74 Å². The van der Waals surface area contributed by atoms with Gasteiger partial charge in [0, 0.05) is 23.3 Å². The van der Waals surface area contributed by atoms with Crippen molar-refractivity contribution >= 4 is 33.2 Å². The molecule has 27 heavy (non-hydrogen) atoms. The highest BCUT2D eigenvalue weighted by Gasteiger charge is 2.31. The lowest BCUT2D eigenvalue weighted by molar-refractivity contribution is -0.120. The van der Waals surface area contributed by atoms with Crippen LogP contribution >= 0.6 is 11.3 Å². The summed E-state index contributed by atoms with van der Waals surface area (Å²) >= 11 is 1.49. The standard InChI is InChI=1S/C17H23N3O5S2/c1-5-25-17(22)15-11(2)20(4)12(3)16(15)27(23,24)19-10-14(21)18-9-13-7-6-8-26-13/h6-8,19H,5,9-10H2,1-4H3,(H,18,21). The van der Waals surface area contributed by atoms with E-state index in [1.54, 1.807) is 32.4 Å². The van der Waals surface area contributed by atoms with Gasteiger partial charge in [0.1, 0.15) is 10.5 Å². The van der Waals surface area contributed by atoms with Crippen molar-refractivity contribution in [2.24, 2.45) is 7.05 Å². The third-order valence-corrected chi connectivity index (χ3v) is 6.57. The van der Waals surface area contributed by atoms with Gasteiger partial charge in [0.2, 0.25) is 15.9 Å². The third kappa shape index (κ3) is 4.76. The van der Waals surface area contributed by atoms with Gasteiger partial charge in [0.25, 0.3) is 0 Å². The maximum atomic E-state index is 12.8. The lowest BCUT2D eigenvalue weighted by Gasteiger charge is -2.09. The van der Waals surface area contributed by atoms with Gasteiger partial charge < -0.3 is 14.6 Å². The van der Waals surface area contributed by atoms with Gasteiger partial charge in [-0.25, -0.2) is 17.9 Å². The monoisotopic (exact) mass is 413 g/mol. The van der Waals surface area contributed by atoms with Crippen LogP contribution in [0.25, 0.3) is 0 Å². The Morgan fingerprint density at radius 2 is 1.96 bits per heavy atom. The van der Waals surface area contributed by atoms with E-state index in [9.17, 15) is 18.0 Å². The van der Waals surface area contributed by atoms with E-state index in [0.29, 0.717) is 17.9 Å². The molecule has 0 radical (unpaired) electrons. The van der Waals surface area contributed by atoms with Gasteiger partial charge in [0.15, 0.2) is 0 Å². The van der Waals surface area contributed by atoms with Crippen molar-refractivity contribution < 1.29 is 22.7 Å². The minimum absolute atomic E-state index is 0.0108. The largest absolute Gasteiger partial charge is 0.462 e. The van der Waals surface area contributed by atoms with Crippen molar-refractivity contribution in [1.82, 2.24) is 14.6 Å². The number of thiophene rings is 1. The van der Waals surface area contributed by atoms with E-state index < -0.39 is 28.4 Å². The first-order valence-electron chi connectivity index (χ1n) is 8.30. The van der Waals surface area contributed by atoms with Crippen molar-refractivity contribution in [2.75, 3.05) is 13.2 Å². The molecule has 2 N–H and O–H groups in total. The fraction of sp³-hybridized carbons (Fsp3) is 0.412. The van der Waals surface area contributed by atoms with Crippen LogP contribution in [0.15, 0.2) is 22.4 Å². The molecule has 10 heteroatoms. The zero-order valence-corrected chi connectivity index (χ0v) is 17.3. The van der Waals surface area contributed by atoms with E-state index in [-0.39, 0.29) is 17.1 Å². The van der Waals surface area contributed by atoms with Gasteiger partial charge in [-0.15, -0.1) is 11.3 Å². The number of ether oxygens (including phenoxy) is 1. The lowest BCUT2D eigenvalue weighted by Crippen LogP contribution is -2.37. The highest BCUT2D eigenvalue weighted by molar-refractivity contribution is 7.89. The second-order valence-electron chi connectivity index (χ2n) is 5.84. The van der Waals surface area contributed by atoms with E-state index in [0.717, 1.165) is 4.88 Å². The van der Waals surface area contributed by atoms with Crippen LogP contribution in [-0.2, 0) is 33.1 Å². The number of hydrogen-bond donors (Lipinski definition) is 2. The number of sulfonamides is 1. The lowest BCUT2D eigenvalue weighted by atomic mass is 10.2. The summed E-state index contributed by atoms with van der Waals surface area (Å²) < 4.78 is 34.4. The summed E-state index contributed by atoms with van der Waals surface area (Å²) in [6.07, 6.45) is 0. The molecule has 1 amide bonds. The average molecular weight is 414 g/mol. The SMILES string of the molecule is CCOC(=O)c1c(S(=O)(=O)NCC(=O)NCc2cccs2)c(C)n(C)c1C. The molecule has 148 valence electrons. The van der Waals surface area contributed by atoms with Crippen LogP contribution < -0.4 is 10.0 Å². The first-order chi connectivity index (χ1) is 12.7. The fourth-order valence-corrected chi connectivity index (χ4v) is 4.72. The van der Waals surface area contributed by atoms with Gasteiger partial charge in [-0.1, -0.05) is 6.07 Å². The van der Waals surface area contributed by atoms with E-state index >= 15 is 0 Å². The summed E-state index contributed by atoms with van der Waals surface area (Å²) in [6, 6.07) is 3.74. The molecule has 0 aromatic carbocycles. The minimum atomic E-state index is -4.08. The molecule has 2 rings (SSSR count). The highest BCUT2D eigenvalue weighted by atomic mass is 32.2. The maximum Gasteiger partial charge on any atom is 0.341 e. The summed E-state index contributed by atoms with van der Waals surface area (Å²) in [5, 5.41) is 4.54. The molecule has 0 atom stereocenters. The Hall–Kier alpha value is -2.17. The number of carbonyl (C=O) groups is 2. The summed E-state index contributed by atoms with van der Waals surface area (Å²) in [5.74, 6) is -1.17. The Morgan fingerprint density at radius 3 is 2.56 bits per heavy atom. The summed E-state index contributed by atoms with van der Waals surface area (Å²) in [7, 11) is -2.42. The van der Waals surface area contributed by atoms with E-state index in [1.165, 1.54) is 11.3 Å². The number of aromatic nitrogens is 1. The molecular weight excluding hydrogens is 390 g/mol. The van der Waals surface area contributed by atoms with Gasteiger partial charge in [-0.2, -0.15) is 0 Å². The fourth-order valence-electron chi connectivity index (χ4n) is 2.58. The van der Waals surface area contributed by atoms with Gasteiger partial charge in [-0.05, 0) is 32.2 Å². The van der Waals surface area contributed by atoms with Crippen LogP contribution in [0.2, 0.25) is 0 Å². The smallest absolute Gasteiger partial charge is 0.341 e. The van der Waals surface area contributed by atoms with Crippen molar-refractivity contribution in [3.05, 3.63) is 39.3 Å². The zero-order valence-electron chi connectivity index (χ0n) is 15.7. The van der Waals surface area contributed by atoms with Crippen LogP contribution in [0, 0.1) is 13.8 Å². The molecular formula is C17H23N3O5S2.